The second-order valence-corrected chi connectivity index (χ2v) is 6.66. The second-order valence-electron chi connectivity index (χ2n) is 6.66. The van der Waals surface area contributed by atoms with Crippen LogP contribution >= 0.6 is 0 Å². The first-order chi connectivity index (χ1) is 9.46. The minimum atomic E-state index is 0.128. The standard InChI is InChI=1S/C15H28N4O/c1-13(11-18-5-7-20-8-6-18)19-12-16-9-14(19)10-17-15(2,3)4/h9,12-13,17H,5-8,10-11H2,1-4H3. The zero-order chi connectivity index (χ0) is 14.6. The summed E-state index contributed by atoms with van der Waals surface area (Å²) in [6.07, 6.45) is 3.92. The fourth-order valence-corrected chi connectivity index (χ4v) is 2.47. The van der Waals surface area contributed by atoms with E-state index >= 15 is 0 Å². The summed E-state index contributed by atoms with van der Waals surface area (Å²) in [5.74, 6) is 0. The summed E-state index contributed by atoms with van der Waals surface area (Å²) < 4.78 is 7.69. The van der Waals surface area contributed by atoms with Crippen molar-refractivity contribution in [2.24, 2.45) is 0 Å². The number of ether oxygens (including phenoxy) is 1. The van der Waals surface area contributed by atoms with E-state index in [0.717, 1.165) is 39.4 Å². The zero-order valence-corrected chi connectivity index (χ0v) is 13.2. The van der Waals surface area contributed by atoms with Crippen molar-refractivity contribution < 1.29 is 4.74 Å². The first-order valence-electron chi connectivity index (χ1n) is 7.51. The molecule has 0 bridgehead atoms. The predicted molar refractivity (Wildman–Crippen MR) is 80.8 cm³/mol. The molecule has 1 aliphatic heterocycles. The molecule has 2 heterocycles. The summed E-state index contributed by atoms with van der Waals surface area (Å²) in [5, 5.41) is 3.53. The third-order valence-electron chi connectivity index (χ3n) is 3.65. The number of hydrogen-bond acceptors (Lipinski definition) is 4. The molecule has 1 saturated heterocycles. The molecule has 1 unspecified atom stereocenters. The fourth-order valence-electron chi connectivity index (χ4n) is 2.47. The van der Waals surface area contributed by atoms with Crippen molar-refractivity contribution in [2.75, 3.05) is 32.8 Å². The van der Waals surface area contributed by atoms with Crippen molar-refractivity contribution in [3.8, 4) is 0 Å². The lowest BCUT2D eigenvalue weighted by Gasteiger charge is -2.30. The van der Waals surface area contributed by atoms with E-state index in [1.165, 1.54) is 5.69 Å². The van der Waals surface area contributed by atoms with Crippen molar-refractivity contribution in [3.05, 3.63) is 18.2 Å². The molecule has 2 rings (SSSR count). The molecule has 1 N–H and O–H groups in total. The number of morpholine rings is 1. The Balaban J connectivity index is 1.92. The maximum Gasteiger partial charge on any atom is 0.0951 e. The Hall–Kier alpha value is -0.910. The normalized spacial score (nSPS) is 19.2. The Morgan fingerprint density at radius 2 is 2.05 bits per heavy atom. The summed E-state index contributed by atoms with van der Waals surface area (Å²) in [6.45, 7) is 14.5. The fraction of sp³-hybridized carbons (Fsp3) is 0.800. The van der Waals surface area contributed by atoms with Gasteiger partial charge >= 0.3 is 0 Å². The van der Waals surface area contributed by atoms with Crippen molar-refractivity contribution in [3.63, 3.8) is 0 Å². The highest BCUT2D eigenvalue weighted by Gasteiger charge is 2.17. The molecule has 5 nitrogen and oxygen atoms in total. The third kappa shape index (κ3) is 4.58. The Kier molecular flexibility index (Phi) is 5.18. The van der Waals surface area contributed by atoms with Gasteiger partial charge < -0.3 is 14.6 Å². The van der Waals surface area contributed by atoms with Gasteiger partial charge in [-0.1, -0.05) is 0 Å². The molecule has 0 radical (unpaired) electrons. The predicted octanol–water partition coefficient (Wildman–Crippen LogP) is 1.66. The van der Waals surface area contributed by atoms with Crippen LogP contribution in [0.15, 0.2) is 12.5 Å². The molecule has 5 heteroatoms. The number of hydrogen-bond donors (Lipinski definition) is 1. The average Bonchev–Trinajstić information content (AvgIpc) is 2.85. The van der Waals surface area contributed by atoms with E-state index in [-0.39, 0.29) is 5.54 Å². The summed E-state index contributed by atoms with van der Waals surface area (Å²) >= 11 is 0. The number of imidazole rings is 1. The van der Waals surface area contributed by atoms with E-state index in [0.29, 0.717) is 6.04 Å². The summed E-state index contributed by atoms with van der Waals surface area (Å²) in [5.41, 5.74) is 1.38. The van der Waals surface area contributed by atoms with Gasteiger partial charge in [0.25, 0.3) is 0 Å². The van der Waals surface area contributed by atoms with Crippen molar-refractivity contribution in [2.45, 2.75) is 45.8 Å². The van der Waals surface area contributed by atoms with Crippen LogP contribution in [0.4, 0.5) is 0 Å². The SMILES string of the molecule is CC(CN1CCOCC1)n1cncc1CNC(C)(C)C. The van der Waals surface area contributed by atoms with Gasteiger partial charge in [0, 0.05) is 44.0 Å². The summed E-state index contributed by atoms with van der Waals surface area (Å²) in [7, 11) is 0. The van der Waals surface area contributed by atoms with E-state index in [1.807, 2.05) is 12.5 Å². The highest BCUT2D eigenvalue weighted by Crippen LogP contribution is 2.13. The minimum Gasteiger partial charge on any atom is -0.379 e. The number of aromatic nitrogens is 2. The van der Waals surface area contributed by atoms with Gasteiger partial charge in [0.1, 0.15) is 0 Å². The van der Waals surface area contributed by atoms with E-state index < -0.39 is 0 Å². The van der Waals surface area contributed by atoms with E-state index in [1.54, 1.807) is 0 Å². The van der Waals surface area contributed by atoms with Crippen molar-refractivity contribution >= 4 is 0 Å². The van der Waals surface area contributed by atoms with Crippen LogP contribution in [0.5, 0.6) is 0 Å². The first-order valence-corrected chi connectivity index (χ1v) is 7.51. The molecular formula is C15H28N4O. The molecule has 0 amide bonds. The summed E-state index contributed by atoms with van der Waals surface area (Å²) in [4.78, 5) is 6.78. The Morgan fingerprint density at radius 3 is 2.70 bits per heavy atom. The molecule has 1 aromatic heterocycles. The third-order valence-corrected chi connectivity index (χ3v) is 3.65. The van der Waals surface area contributed by atoms with Crippen molar-refractivity contribution in [1.29, 1.82) is 0 Å². The number of rotatable bonds is 5. The van der Waals surface area contributed by atoms with E-state index in [9.17, 15) is 0 Å². The molecule has 20 heavy (non-hydrogen) atoms. The van der Waals surface area contributed by atoms with Gasteiger partial charge in [-0.15, -0.1) is 0 Å². The van der Waals surface area contributed by atoms with Gasteiger partial charge in [-0.3, -0.25) is 4.90 Å². The van der Waals surface area contributed by atoms with Gasteiger partial charge in [0.05, 0.1) is 25.2 Å². The van der Waals surface area contributed by atoms with Crippen LogP contribution in [-0.2, 0) is 11.3 Å². The summed E-state index contributed by atoms with van der Waals surface area (Å²) in [6, 6.07) is 0.437. The van der Waals surface area contributed by atoms with Crippen LogP contribution in [0, 0.1) is 0 Å². The maximum atomic E-state index is 5.40. The molecular weight excluding hydrogens is 252 g/mol. The van der Waals surface area contributed by atoms with E-state index in [2.05, 4.69) is 47.5 Å². The molecule has 0 saturated carbocycles. The van der Waals surface area contributed by atoms with Crippen molar-refractivity contribution in [1.82, 2.24) is 19.8 Å². The minimum absolute atomic E-state index is 0.128. The number of nitrogens with zero attached hydrogens (tertiary/aromatic N) is 3. The van der Waals surface area contributed by atoms with Crippen LogP contribution in [0.25, 0.3) is 0 Å². The first kappa shape index (κ1) is 15.5. The Bertz CT molecular complexity index is 404. The highest BCUT2D eigenvalue weighted by molar-refractivity contribution is 5.01. The van der Waals surface area contributed by atoms with Gasteiger partial charge in [0.15, 0.2) is 0 Å². The zero-order valence-electron chi connectivity index (χ0n) is 13.2. The molecule has 0 aliphatic carbocycles. The molecule has 1 aromatic rings. The molecule has 1 fully saturated rings. The quantitative estimate of drug-likeness (QED) is 0.891. The van der Waals surface area contributed by atoms with Gasteiger partial charge in [-0.05, 0) is 27.7 Å². The Labute approximate surface area is 122 Å². The Morgan fingerprint density at radius 1 is 1.35 bits per heavy atom. The molecule has 1 atom stereocenters. The smallest absolute Gasteiger partial charge is 0.0951 e. The van der Waals surface area contributed by atoms with Crippen LogP contribution in [-0.4, -0.2) is 52.8 Å². The molecule has 114 valence electrons. The van der Waals surface area contributed by atoms with Crippen LogP contribution in [0.2, 0.25) is 0 Å². The monoisotopic (exact) mass is 280 g/mol. The molecule has 0 aromatic carbocycles. The van der Waals surface area contributed by atoms with Gasteiger partial charge in [0.2, 0.25) is 0 Å². The van der Waals surface area contributed by atoms with Gasteiger partial charge in [-0.25, -0.2) is 4.98 Å². The highest BCUT2D eigenvalue weighted by atomic mass is 16.5. The van der Waals surface area contributed by atoms with E-state index in [4.69, 9.17) is 4.74 Å². The van der Waals surface area contributed by atoms with Crippen LogP contribution in [0.1, 0.15) is 39.4 Å². The number of nitrogens with one attached hydrogen (secondary N) is 1. The average molecular weight is 280 g/mol. The van der Waals surface area contributed by atoms with Crippen LogP contribution in [0.3, 0.4) is 0 Å². The second kappa shape index (κ2) is 6.70. The lowest BCUT2D eigenvalue weighted by Crippen LogP contribution is -2.40. The molecule has 1 aliphatic rings. The topological polar surface area (TPSA) is 42.3 Å². The lowest BCUT2D eigenvalue weighted by atomic mass is 10.1. The van der Waals surface area contributed by atoms with Gasteiger partial charge in [-0.2, -0.15) is 0 Å². The molecule has 0 spiro atoms. The lowest BCUT2D eigenvalue weighted by molar-refractivity contribution is 0.0324. The largest absolute Gasteiger partial charge is 0.379 e. The van der Waals surface area contributed by atoms with Crippen LogP contribution < -0.4 is 5.32 Å². The maximum absolute atomic E-state index is 5.40.